The number of rotatable bonds is 3. The van der Waals surface area contributed by atoms with Gasteiger partial charge < -0.3 is 5.32 Å². The van der Waals surface area contributed by atoms with Crippen molar-refractivity contribution in [1.29, 1.82) is 0 Å². The summed E-state index contributed by atoms with van der Waals surface area (Å²) < 4.78 is 0. The number of nitrogens with one attached hydrogen (secondary N) is 2. The standard InChI is InChI=1S/C20H20N4O/c1-13-18(15-9-11-21-12-10-15)23-24-19(13)22-20(25)17-8-4-6-14-5-2-3-7-16(14)17/h2-3,5,7,9-12,17H,4,6,8H2,1H3,(H2,22,23,24,25)/t17-/m1/s1. The Morgan fingerprint density at radius 3 is 2.84 bits per heavy atom. The number of benzene rings is 1. The van der Waals surface area contributed by atoms with E-state index in [1.165, 1.54) is 5.56 Å². The molecule has 1 aliphatic rings. The number of aryl methyl sites for hydroxylation is 1. The van der Waals surface area contributed by atoms with E-state index >= 15 is 0 Å². The first-order chi connectivity index (χ1) is 12.2. The number of hydrogen-bond donors (Lipinski definition) is 2. The van der Waals surface area contributed by atoms with Crippen LogP contribution < -0.4 is 5.32 Å². The molecule has 1 amide bonds. The molecular weight excluding hydrogens is 312 g/mol. The van der Waals surface area contributed by atoms with Gasteiger partial charge in [-0.15, -0.1) is 0 Å². The number of anilines is 1. The number of aromatic amines is 1. The molecule has 0 spiro atoms. The predicted octanol–water partition coefficient (Wildman–Crippen LogP) is 3.84. The first-order valence-electron chi connectivity index (χ1n) is 8.58. The van der Waals surface area contributed by atoms with Crippen molar-refractivity contribution in [1.82, 2.24) is 15.2 Å². The van der Waals surface area contributed by atoms with Crippen molar-refractivity contribution in [3.63, 3.8) is 0 Å². The lowest BCUT2D eigenvalue weighted by molar-refractivity contribution is -0.117. The minimum absolute atomic E-state index is 0.0167. The predicted molar refractivity (Wildman–Crippen MR) is 97.3 cm³/mol. The van der Waals surface area contributed by atoms with E-state index in [9.17, 15) is 4.79 Å². The quantitative estimate of drug-likeness (QED) is 0.765. The minimum Gasteiger partial charge on any atom is -0.308 e. The Morgan fingerprint density at radius 1 is 1.20 bits per heavy atom. The van der Waals surface area contributed by atoms with Gasteiger partial charge in [-0.25, -0.2) is 0 Å². The van der Waals surface area contributed by atoms with Crippen LogP contribution in [0.25, 0.3) is 11.3 Å². The van der Waals surface area contributed by atoms with Gasteiger partial charge in [0, 0.05) is 23.5 Å². The Bertz CT molecular complexity index is 901. The van der Waals surface area contributed by atoms with E-state index in [1.807, 2.05) is 31.2 Å². The van der Waals surface area contributed by atoms with Crippen LogP contribution in [0.1, 0.15) is 35.4 Å². The number of nitrogens with zero attached hydrogens (tertiary/aromatic N) is 2. The van der Waals surface area contributed by atoms with Crippen molar-refractivity contribution in [2.24, 2.45) is 0 Å². The lowest BCUT2D eigenvalue weighted by atomic mass is 9.82. The van der Waals surface area contributed by atoms with Crippen LogP contribution in [0.15, 0.2) is 48.8 Å². The van der Waals surface area contributed by atoms with Gasteiger partial charge in [0.05, 0.1) is 11.6 Å². The molecule has 4 rings (SSSR count). The molecule has 0 unspecified atom stereocenters. The molecule has 0 bridgehead atoms. The Hall–Kier alpha value is -2.95. The molecule has 25 heavy (non-hydrogen) atoms. The number of H-pyrrole nitrogens is 1. The summed E-state index contributed by atoms with van der Waals surface area (Å²) >= 11 is 0. The van der Waals surface area contributed by atoms with Crippen LogP contribution in [0, 0.1) is 6.92 Å². The van der Waals surface area contributed by atoms with Crippen molar-refractivity contribution < 1.29 is 4.79 Å². The fourth-order valence-corrected chi connectivity index (χ4v) is 3.55. The summed E-state index contributed by atoms with van der Waals surface area (Å²) in [5.74, 6) is 0.508. The summed E-state index contributed by atoms with van der Waals surface area (Å²) in [5.41, 5.74) is 5.27. The van der Waals surface area contributed by atoms with Gasteiger partial charge in [0.2, 0.25) is 5.91 Å². The third kappa shape index (κ3) is 2.93. The molecule has 0 aliphatic heterocycles. The largest absolute Gasteiger partial charge is 0.308 e. The van der Waals surface area contributed by atoms with Crippen molar-refractivity contribution in [3.8, 4) is 11.3 Å². The Kier molecular flexibility index (Phi) is 4.06. The maximum absolute atomic E-state index is 12.9. The van der Waals surface area contributed by atoms with Gasteiger partial charge in [0.1, 0.15) is 0 Å². The highest BCUT2D eigenvalue weighted by Gasteiger charge is 2.27. The summed E-state index contributed by atoms with van der Waals surface area (Å²) in [7, 11) is 0. The van der Waals surface area contributed by atoms with Gasteiger partial charge >= 0.3 is 0 Å². The van der Waals surface area contributed by atoms with Gasteiger partial charge in [-0.1, -0.05) is 24.3 Å². The molecule has 2 heterocycles. The molecule has 5 nitrogen and oxygen atoms in total. The van der Waals surface area contributed by atoms with E-state index in [2.05, 4.69) is 32.6 Å². The van der Waals surface area contributed by atoms with Crippen LogP contribution in [0.3, 0.4) is 0 Å². The summed E-state index contributed by atoms with van der Waals surface area (Å²) in [4.78, 5) is 16.9. The summed E-state index contributed by atoms with van der Waals surface area (Å²) in [6.07, 6.45) is 6.45. The van der Waals surface area contributed by atoms with Gasteiger partial charge in [-0.3, -0.25) is 14.9 Å². The molecule has 5 heteroatoms. The maximum atomic E-state index is 12.9. The third-order valence-electron chi connectivity index (χ3n) is 4.91. The smallest absolute Gasteiger partial charge is 0.233 e. The highest BCUT2D eigenvalue weighted by atomic mass is 16.2. The Morgan fingerprint density at radius 2 is 2.00 bits per heavy atom. The second-order valence-corrected chi connectivity index (χ2v) is 6.44. The zero-order valence-corrected chi connectivity index (χ0v) is 14.1. The summed E-state index contributed by atoms with van der Waals surface area (Å²) in [6, 6.07) is 12.1. The molecule has 0 saturated heterocycles. The Balaban J connectivity index is 1.58. The van der Waals surface area contributed by atoms with Crippen LogP contribution in [-0.4, -0.2) is 21.1 Å². The van der Waals surface area contributed by atoms with Crippen LogP contribution in [-0.2, 0) is 11.2 Å². The first-order valence-corrected chi connectivity index (χ1v) is 8.58. The highest BCUT2D eigenvalue weighted by molar-refractivity contribution is 5.96. The first kappa shape index (κ1) is 15.6. The molecule has 2 N–H and O–H groups in total. The molecule has 3 aromatic rings. The molecule has 0 fully saturated rings. The number of fused-ring (bicyclic) bond motifs is 1. The van der Waals surface area contributed by atoms with Crippen LogP contribution in [0.4, 0.5) is 5.82 Å². The fraction of sp³-hybridized carbons (Fsp3) is 0.250. The van der Waals surface area contributed by atoms with Crippen molar-refractivity contribution in [3.05, 3.63) is 65.5 Å². The van der Waals surface area contributed by atoms with Crippen LogP contribution in [0.2, 0.25) is 0 Å². The second-order valence-electron chi connectivity index (χ2n) is 6.44. The molecule has 2 aromatic heterocycles. The van der Waals surface area contributed by atoms with Crippen molar-refractivity contribution in [2.75, 3.05) is 5.32 Å². The number of carbonyl (C=O) groups is 1. The average Bonchev–Trinajstić information content (AvgIpc) is 3.02. The molecule has 126 valence electrons. The Labute approximate surface area is 146 Å². The lowest BCUT2D eigenvalue weighted by Gasteiger charge is -2.24. The number of amides is 1. The third-order valence-corrected chi connectivity index (χ3v) is 4.91. The highest BCUT2D eigenvalue weighted by Crippen LogP contribution is 2.33. The summed E-state index contributed by atoms with van der Waals surface area (Å²) in [5, 5.41) is 10.3. The van der Waals surface area contributed by atoms with Gasteiger partial charge in [-0.05, 0) is 49.4 Å². The van der Waals surface area contributed by atoms with Gasteiger partial charge in [0.25, 0.3) is 0 Å². The van der Waals surface area contributed by atoms with Crippen molar-refractivity contribution >= 4 is 11.7 Å². The number of pyridine rings is 1. The lowest BCUT2D eigenvalue weighted by Crippen LogP contribution is -2.25. The van der Waals surface area contributed by atoms with E-state index in [1.54, 1.807) is 12.4 Å². The number of hydrogen-bond acceptors (Lipinski definition) is 3. The zero-order chi connectivity index (χ0) is 17.2. The molecule has 0 radical (unpaired) electrons. The molecule has 1 atom stereocenters. The maximum Gasteiger partial charge on any atom is 0.233 e. The van der Waals surface area contributed by atoms with Crippen molar-refractivity contribution in [2.45, 2.75) is 32.1 Å². The van der Waals surface area contributed by atoms with Gasteiger partial charge in [-0.2, -0.15) is 5.10 Å². The topological polar surface area (TPSA) is 70.7 Å². The average molecular weight is 332 g/mol. The minimum atomic E-state index is -0.106. The zero-order valence-electron chi connectivity index (χ0n) is 14.1. The van der Waals surface area contributed by atoms with Gasteiger partial charge in [0.15, 0.2) is 5.82 Å². The molecule has 1 aliphatic carbocycles. The fourth-order valence-electron chi connectivity index (χ4n) is 3.55. The number of carbonyl (C=O) groups excluding carboxylic acids is 1. The molecular formula is C20H20N4O. The monoisotopic (exact) mass is 332 g/mol. The number of aromatic nitrogens is 3. The molecule has 1 aromatic carbocycles. The SMILES string of the molecule is Cc1c(NC(=O)[C@@H]2CCCc3ccccc32)n[nH]c1-c1ccncc1. The van der Waals surface area contributed by atoms with E-state index in [4.69, 9.17) is 0 Å². The van der Waals surface area contributed by atoms with E-state index in [0.717, 1.165) is 41.6 Å². The van der Waals surface area contributed by atoms with Crippen LogP contribution in [0.5, 0.6) is 0 Å². The normalized spacial score (nSPS) is 16.3. The van der Waals surface area contributed by atoms with E-state index < -0.39 is 0 Å². The van der Waals surface area contributed by atoms with E-state index in [0.29, 0.717) is 5.82 Å². The van der Waals surface area contributed by atoms with E-state index in [-0.39, 0.29) is 11.8 Å². The second kappa shape index (κ2) is 6.51. The molecule has 0 saturated carbocycles. The van der Waals surface area contributed by atoms with Crippen LogP contribution >= 0.6 is 0 Å². The summed E-state index contributed by atoms with van der Waals surface area (Å²) in [6.45, 7) is 1.96.